The van der Waals surface area contributed by atoms with Crippen LogP contribution in [0, 0.1) is 3.57 Å². The van der Waals surface area contributed by atoms with Gasteiger partial charge in [0.05, 0.1) is 0 Å². The van der Waals surface area contributed by atoms with Crippen LogP contribution in [0.5, 0.6) is 17.2 Å². The van der Waals surface area contributed by atoms with E-state index in [1.165, 1.54) is 32.5 Å². The molecule has 0 fully saturated rings. The van der Waals surface area contributed by atoms with E-state index in [1.807, 2.05) is 50.2 Å². The van der Waals surface area contributed by atoms with E-state index in [9.17, 15) is 9.90 Å². The van der Waals surface area contributed by atoms with Gasteiger partial charge in [0.2, 0.25) is 0 Å². The second kappa shape index (κ2) is 20.8. The van der Waals surface area contributed by atoms with Gasteiger partial charge in [0, 0.05) is 33.3 Å². The number of phenolic OH excluding ortho intramolecular Hbond substituents is 1. The molecular weight excluding hydrogens is 737 g/mol. The maximum atomic E-state index is 10.1. The van der Waals surface area contributed by atoms with Gasteiger partial charge in [-0.1, -0.05) is 97.9 Å². The van der Waals surface area contributed by atoms with Crippen molar-refractivity contribution in [3.05, 3.63) is 141 Å². The fourth-order valence-corrected chi connectivity index (χ4v) is 4.91. The second-order valence-corrected chi connectivity index (χ2v) is 14.2. The molecule has 0 aliphatic carbocycles. The highest BCUT2D eigenvalue weighted by Crippen LogP contribution is 2.33. The van der Waals surface area contributed by atoms with Crippen molar-refractivity contribution in [2.75, 3.05) is 11.5 Å². The number of carboxylic acid groups (broad SMARTS) is 1. The van der Waals surface area contributed by atoms with Crippen molar-refractivity contribution in [1.82, 2.24) is 4.98 Å². The number of ether oxygens (including phenoxy) is 1. The van der Waals surface area contributed by atoms with Crippen molar-refractivity contribution in [1.29, 1.82) is 0 Å². The first-order valence-corrected chi connectivity index (χ1v) is 17.8. The van der Waals surface area contributed by atoms with E-state index in [0.29, 0.717) is 35.1 Å². The molecule has 0 atom stereocenters. The minimum atomic E-state index is -0.990. The van der Waals surface area contributed by atoms with Gasteiger partial charge in [-0.25, -0.2) is 9.78 Å². The molecule has 0 saturated heterocycles. The predicted molar refractivity (Wildman–Crippen MR) is 217 cm³/mol. The average Bonchev–Trinajstić information content (AvgIpc) is 3.06. The van der Waals surface area contributed by atoms with Gasteiger partial charge in [0.15, 0.2) is 0 Å². The molecule has 0 radical (unpaired) electrons. The first-order valence-electron chi connectivity index (χ1n) is 16.7. The van der Waals surface area contributed by atoms with E-state index in [0.717, 1.165) is 22.7 Å². The first-order chi connectivity index (χ1) is 23.6. The van der Waals surface area contributed by atoms with Gasteiger partial charge in [0.25, 0.3) is 0 Å². The monoisotopic (exact) mass is 789 g/mol. The van der Waals surface area contributed by atoms with E-state index >= 15 is 0 Å². The summed E-state index contributed by atoms with van der Waals surface area (Å²) in [6.45, 7) is 17.2. The largest absolute Gasteiger partial charge is 0.508 e. The topological polar surface area (TPSA) is 132 Å². The molecule has 6 N–H and O–H groups in total. The van der Waals surface area contributed by atoms with Crippen molar-refractivity contribution in [2.45, 2.75) is 79.1 Å². The Balaban J connectivity index is 0.000000247. The number of carbonyl (C=O) groups is 1. The van der Waals surface area contributed by atoms with Gasteiger partial charge >= 0.3 is 5.97 Å². The van der Waals surface area contributed by atoms with Crippen molar-refractivity contribution in [3.8, 4) is 17.2 Å². The summed E-state index contributed by atoms with van der Waals surface area (Å²) >= 11 is 2.32. The summed E-state index contributed by atoms with van der Waals surface area (Å²) in [4.78, 5) is 13.7. The third-order valence-corrected chi connectivity index (χ3v) is 8.25. The lowest BCUT2D eigenvalue weighted by atomic mass is 10.0. The number of aromatic nitrogens is 1. The number of hydrogen-bond acceptors (Lipinski definition) is 6. The highest BCUT2D eigenvalue weighted by molar-refractivity contribution is 14.1. The Morgan fingerprint density at radius 3 is 1.58 bits per heavy atom. The Labute approximate surface area is 311 Å². The average molecular weight is 790 g/mol. The molecule has 7 nitrogen and oxygen atoms in total. The number of carboxylic acids is 1. The molecule has 5 aromatic rings. The molecule has 1 heterocycles. The van der Waals surface area contributed by atoms with E-state index in [4.69, 9.17) is 21.3 Å². The highest BCUT2D eigenvalue weighted by Gasteiger charge is 2.10. The van der Waals surface area contributed by atoms with Crippen molar-refractivity contribution < 1.29 is 19.7 Å². The summed E-state index contributed by atoms with van der Waals surface area (Å²) in [7, 11) is 0. The number of nitrogens with zero attached hydrogens (tertiary/aromatic N) is 1. The quantitative estimate of drug-likeness (QED) is 0.0953. The molecule has 0 bridgehead atoms. The molecular formula is C42H52IN3O4. The molecule has 5 rings (SSSR count). The zero-order chi connectivity index (χ0) is 37.4. The van der Waals surface area contributed by atoms with Gasteiger partial charge in [-0.15, -0.1) is 0 Å². The number of pyridine rings is 1. The first kappa shape index (κ1) is 41.6. The van der Waals surface area contributed by atoms with Gasteiger partial charge < -0.3 is 26.4 Å². The maximum absolute atomic E-state index is 10.1. The van der Waals surface area contributed by atoms with Crippen LogP contribution in [0.1, 0.15) is 112 Å². The fourth-order valence-electron chi connectivity index (χ4n) is 4.55. The summed E-state index contributed by atoms with van der Waals surface area (Å²) in [5, 5.41) is 17.7. The fraction of sp³-hybridized carbons (Fsp3) is 0.286. The lowest BCUT2D eigenvalue weighted by molar-refractivity contribution is 0.0690. The number of aromatic hydroxyl groups is 1. The van der Waals surface area contributed by atoms with Crippen molar-refractivity contribution in [2.24, 2.45) is 0 Å². The number of hydrogen-bond donors (Lipinski definition) is 4. The lowest BCUT2D eigenvalue weighted by Gasteiger charge is -2.15. The number of rotatable bonds is 7. The standard InChI is InChI=1S/C18H23NO.C9H11I.C9H13NO.C6H5NO2/c1-12(2)14-5-8-16(9-6-14)20-18-11-15(19)7-10-17(18)13(3)4;1-7(2)8-3-5-9(10)6-4-8;1-6(2)8-4-3-7(10)5-9(8)11;8-6(9)5-3-1-2-4-7-5/h5-13H,19H2,1-4H3;3-7H,1-2H3;3-6,11H,10H2,1-2H3;1-4H,(H,8,9). The van der Waals surface area contributed by atoms with Crippen LogP contribution < -0.4 is 16.2 Å². The molecule has 0 amide bonds. The summed E-state index contributed by atoms with van der Waals surface area (Å²) in [6, 6.07) is 32.8. The number of anilines is 2. The highest BCUT2D eigenvalue weighted by atomic mass is 127. The number of nitrogen functional groups attached to an aromatic ring is 2. The van der Waals surface area contributed by atoms with Crippen LogP contribution in [0.15, 0.2) is 109 Å². The summed E-state index contributed by atoms with van der Waals surface area (Å²) in [5.41, 5.74) is 17.6. The van der Waals surface area contributed by atoms with Crippen LogP contribution >= 0.6 is 22.6 Å². The normalized spacial score (nSPS) is 10.4. The number of aromatic carboxylic acids is 1. The zero-order valence-corrected chi connectivity index (χ0v) is 32.6. The molecule has 0 aliphatic heterocycles. The van der Waals surface area contributed by atoms with E-state index in [-0.39, 0.29) is 5.69 Å². The van der Waals surface area contributed by atoms with Crippen LogP contribution in [0.3, 0.4) is 0 Å². The SMILES string of the molecule is CC(C)c1ccc(I)cc1.CC(C)c1ccc(N)cc1O.CC(C)c1ccc(Oc2cc(N)ccc2C(C)C)cc1.O=C(O)c1ccccn1. The van der Waals surface area contributed by atoms with Gasteiger partial charge in [-0.2, -0.15) is 0 Å². The van der Waals surface area contributed by atoms with Crippen molar-refractivity contribution >= 4 is 39.9 Å². The minimum Gasteiger partial charge on any atom is -0.508 e. The Morgan fingerprint density at radius 2 is 1.16 bits per heavy atom. The van der Waals surface area contributed by atoms with Crippen LogP contribution in [0.25, 0.3) is 0 Å². The summed E-state index contributed by atoms with van der Waals surface area (Å²) < 4.78 is 7.31. The molecule has 1 aromatic heterocycles. The smallest absolute Gasteiger partial charge is 0.354 e. The minimum absolute atomic E-state index is 0.0810. The van der Waals surface area contributed by atoms with Gasteiger partial charge in [-0.3, -0.25) is 0 Å². The van der Waals surface area contributed by atoms with E-state index in [1.54, 1.807) is 24.3 Å². The van der Waals surface area contributed by atoms with E-state index < -0.39 is 5.97 Å². The molecule has 0 unspecified atom stereocenters. The molecule has 4 aromatic carbocycles. The number of halogens is 1. The molecule has 50 heavy (non-hydrogen) atoms. The van der Waals surface area contributed by atoms with Crippen LogP contribution in [0.4, 0.5) is 11.4 Å². The summed E-state index contributed by atoms with van der Waals surface area (Å²) in [6.07, 6.45) is 1.45. The van der Waals surface area contributed by atoms with E-state index in [2.05, 4.69) is 106 Å². The number of nitrogens with two attached hydrogens (primary N) is 2. The Kier molecular flexibility index (Phi) is 17.3. The summed E-state index contributed by atoms with van der Waals surface area (Å²) in [5.74, 6) is 2.92. The lowest BCUT2D eigenvalue weighted by Crippen LogP contribution is -1.97. The predicted octanol–water partition coefficient (Wildman–Crippen LogP) is 11.6. The molecule has 0 saturated carbocycles. The number of phenols is 1. The van der Waals surface area contributed by atoms with Crippen LogP contribution in [-0.2, 0) is 0 Å². The third kappa shape index (κ3) is 14.5. The molecule has 8 heteroatoms. The zero-order valence-electron chi connectivity index (χ0n) is 30.4. The van der Waals surface area contributed by atoms with Crippen molar-refractivity contribution in [3.63, 3.8) is 0 Å². The van der Waals surface area contributed by atoms with Gasteiger partial charge in [-0.05, 0) is 117 Å². The second-order valence-electron chi connectivity index (χ2n) is 13.0. The maximum Gasteiger partial charge on any atom is 0.354 e. The Bertz CT molecular complexity index is 1740. The number of benzene rings is 4. The Morgan fingerprint density at radius 1 is 0.660 bits per heavy atom. The third-order valence-electron chi connectivity index (χ3n) is 7.53. The van der Waals surface area contributed by atoms with Crippen LogP contribution in [0.2, 0.25) is 0 Å². The van der Waals surface area contributed by atoms with Crippen LogP contribution in [-0.4, -0.2) is 21.2 Å². The van der Waals surface area contributed by atoms with Gasteiger partial charge in [0.1, 0.15) is 22.9 Å². The Hall–Kier alpha value is -4.57. The molecule has 266 valence electrons. The molecule has 0 aliphatic rings. The molecule has 0 spiro atoms.